The van der Waals surface area contributed by atoms with Crippen molar-refractivity contribution in [2.75, 3.05) is 33.4 Å². The van der Waals surface area contributed by atoms with Crippen molar-refractivity contribution in [2.24, 2.45) is 11.7 Å². The molecule has 3 aromatic rings. The van der Waals surface area contributed by atoms with Crippen LogP contribution in [0.1, 0.15) is 89.8 Å². The van der Waals surface area contributed by atoms with E-state index in [2.05, 4.69) is 42.5 Å². The van der Waals surface area contributed by atoms with Crippen molar-refractivity contribution in [3.05, 3.63) is 95.6 Å². The highest BCUT2D eigenvalue weighted by Crippen LogP contribution is 2.33. The number of likely N-dealkylation sites (N-methyl/N-ethyl adjacent to an activating group) is 2. The molecule has 0 radical (unpaired) electrons. The fourth-order valence-electron chi connectivity index (χ4n) is 10.6. The van der Waals surface area contributed by atoms with Crippen molar-refractivity contribution in [2.45, 2.75) is 164 Å². The number of benzene rings is 3. The first-order chi connectivity index (χ1) is 42.6. The summed E-state index contributed by atoms with van der Waals surface area (Å²) in [6, 6.07) is 9.04. The number of nitrogens with two attached hydrogens (primary N) is 1. The van der Waals surface area contributed by atoms with Gasteiger partial charge in [-0.3, -0.25) is 57.5 Å². The van der Waals surface area contributed by atoms with Crippen LogP contribution in [0.3, 0.4) is 0 Å². The summed E-state index contributed by atoms with van der Waals surface area (Å²) in [4.78, 5) is 173. The molecule has 3 heterocycles. The van der Waals surface area contributed by atoms with Gasteiger partial charge >= 0.3 is 0 Å². The summed E-state index contributed by atoms with van der Waals surface area (Å²) >= 11 is 0. The van der Waals surface area contributed by atoms with Crippen molar-refractivity contribution in [1.82, 2.24) is 57.2 Å². The number of carbonyl (C=O) groups is 12. The zero-order valence-electron chi connectivity index (χ0n) is 51.8. The molecule has 0 aliphatic carbocycles. The number of nitrogens with one attached hydrogen (secondary N) is 8. The lowest BCUT2D eigenvalue weighted by Crippen LogP contribution is -2.63. The third kappa shape index (κ3) is 19.5. The molecule has 0 unspecified atom stereocenters. The topological polar surface area (TPSA) is 377 Å². The van der Waals surface area contributed by atoms with E-state index in [-0.39, 0.29) is 50.8 Å². The summed E-state index contributed by atoms with van der Waals surface area (Å²) in [7, 11) is 7.18. The van der Waals surface area contributed by atoms with E-state index in [4.69, 9.17) is 5.73 Å². The Labute approximate surface area is 531 Å². The lowest BCUT2D eigenvalue weighted by atomic mass is 9.95. The molecule has 2 fully saturated rings. The standard InChI is InChI=1S/C62H84N12O14S2/c1-33(2)50-57(83)66-44-30-38-18-14-20-39(28-38)41-21-13-12-19-40(41)31-89-90-32-46(60(86)72(6)7)68-53(79)34(3)73(8)61(87)45(29-37-16-10-9-11-17-37)67-58(84)51(35(4)75)71-59(85)52(36(5)76)70-56(82)47-22-15-27-74(47)62(88)43(65-55(44)81)24-26-49(78)64-42(54(80)69-50)23-25-48(63)77/h9-14,16-21,28,33-36,42-47,50-52,75-76H,15,22-27,29-32H2,1-8H3,(H2,63,77)(H,64,78)(H,65,81)(H,66,83)(H,67,84)(H,68,79)(H,69,80)(H,70,82)(H,71,85)/t34-,35+,36+,42+,43-,44-,45-,46-,47-,50+,51-,52-/m0/s1. The second-order valence-electron chi connectivity index (χ2n) is 23.4. The second-order valence-corrected chi connectivity index (χ2v) is 25.9. The molecule has 0 spiro atoms. The normalized spacial score (nSPS) is 26.2. The molecule has 488 valence electrons. The van der Waals surface area contributed by atoms with E-state index < -0.39 is 162 Å². The van der Waals surface area contributed by atoms with Crippen molar-refractivity contribution in [1.29, 1.82) is 0 Å². The maximum Gasteiger partial charge on any atom is 0.245 e. The van der Waals surface area contributed by atoms with Crippen LogP contribution in [-0.2, 0) is 76.1 Å². The Morgan fingerprint density at radius 2 is 1.28 bits per heavy atom. The number of aliphatic hydroxyl groups excluding tert-OH is 2. The number of primary amides is 1. The molecule has 3 aliphatic heterocycles. The highest BCUT2D eigenvalue weighted by Gasteiger charge is 2.43. The molecule has 28 heteroatoms. The molecule has 0 aromatic heterocycles. The number of hydrogen-bond acceptors (Lipinski definition) is 16. The molecular formula is C62H84N12O14S2. The molecule has 6 rings (SSSR count). The summed E-state index contributed by atoms with van der Waals surface area (Å²) in [6.45, 7) is 7.08. The first-order valence-corrected chi connectivity index (χ1v) is 32.4. The zero-order valence-corrected chi connectivity index (χ0v) is 53.5. The third-order valence-corrected chi connectivity index (χ3v) is 18.3. The Morgan fingerprint density at radius 1 is 0.656 bits per heavy atom. The van der Waals surface area contributed by atoms with E-state index >= 15 is 4.79 Å². The first kappa shape index (κ1) is 71.0. The fourth-order valence-corrected chi connectivity index (χ4v) is 12.9. The third-order valence-electron chi connectivity index (χ3n) is 15.9. The van der Waals surface area contributed by atoms with Gasteiger partial charge in [0, 0.05) is 64.9 Å². The van der Waals surface area contributed by atoms with E-state index in [1.807, 2.05) is 36.4 Å². The molecule has 12 amide bonds. The number of amides is 12. The summed E-state index contributed by atoms with van der Waals surface area (Å²) in [5.41, 5.74) is 8.99. The van der Waals surface area contributed by atoms with Crippen LogP contribution in [0.2, 0.25) is 0 Å². The Hall–Kier alpha value is -8.08. The van der Waals surface area contributed by atoms with Gasteiger partial charge in [0.15, 0.2) is 0 Å². The monoisotopic (exact) mass is 1280 g/mol. The van der Waals surface area contributed by atoms with Crippen LogP contribution in [0.4, 0.5) is 0 Å². The molecule has 12 N–H and O–H groups in total. The summed E-state index contributed by atoms with van der Waals surface area (Å²) in [5, 5.41) is 43.2. The molecule has 4 bridgehead atoms. The fraction of sp³-hybridized carbons (Fsp3) is 0.516. The van der Waals surface area contributed by atoms with Gasteiger partial charge in [-0.1, -0.05) is 114 Å². The maximum atomic E-state index is 15.0. The number of aliphatic hydroxyl groups is 2. The predicted octanol–water partition coefficient (Wildman–Crippen LogP) is -0.685. The van der Waals surface area contributed by atoms with Crippen molar-refractivity contribution >= 4 is 92.5 Å². The van der Waals surface area contributed by atoms with Gasteiger partial charge in [-0.25, -0.2) is 0 Å². The van der Waals surface area contributed by atoms with Gasteiger partial charge in [-0.2, -0.15) is 0 Å². The van der Waals surface area contributed by atoms with E-state index in [9.17, 15) is 63.0 Å². The van der Waals surface area contributed by atoms with Crippen LogP contribution < -0.4 is 48.3 Å². The summed E-state index contributed by atoms with van der Waals surface area (Å²) in [6.07, 6.45) is -4.79. The zero-order chi connectivity index (χ0) is 66.1. The smallest absolute Gasteiger partial charge is 0.245 e. The molecule has 90 heavy (non-hydrogen) atoms. The number of nitrogens with zero attached hydrogens (tertiary/aromatic N) is 3. The van der Waals surface area contributed by atoms with Crippen LogP contribution in [0.5, 0.6) is 0 Å². The molecule has 12 atom stereocenters. The van der Waals surface area contributed by atoms with Crippen molar-refractivity contribution < 1.29 is 67.7 Å². The minimum Gasteiger partial charge on any atom is -0.391 e. The largest absolute Gasteiger partial charge is 0.391 e. The predicted molar refractivity (Wildman–Crippen MR) is 336 cm³/mol. The quantitative estimate of drug-likeness (QED) is 0.118. The average Bonchev–Trinajstić information content (AvgIpc) is 1.66. The van der Waals surface area contributed by atoms with Crippen LogP contribution in [0.15, 0.2) is 78.9 Å². The Morgan fingerprint density at radius 3 is 1.93 bits per heavy atom. The number of fused-ring (bicyclic) bond motifs is 8. The summed E-state index contributed by atoms with van der Waals surface area (Å²) < 4.78 is 0. The van der Waals surface area contributed by atoms with Gasteiger partial charge in [0.2, 0.25) is 70.9 Å². The first-order valence-electron chi connectivity index (χ1n) is 30.0. The van der Waals surface area contributed by atoms with E-state index in [0.717, 1.165) is 26.5 Å². The lowest BCUT2D eigenvalue weighted by Gasteiger charge is -2.32. The molecule has 0 saturated carbocycles. The SMILES string of the molecule is CC(C)[C@H]1NC(=O)[C@@H](CCC(N)=O)NC(=O)CC[C@@H]2NC(=O)[C@H](Cc3cccc(c3)-c3ccccc3CSSC[C@@H](C(=O)N(C)C)NC(=O)[C@H](C)N(C)C(=O)[C@H](Cc3ccccc3)NC(=O)[C@H]([C@@H](C)O)NC(=O)[C@H]([C@@H](C)O)NC(=O)[C@@H]3CCCN3C2=O)NC1=O. The Kier molecular flexibility index (Phi) is 26.1. The highest BCUT2D eigenvalue weighted by atomic mass is 33.1. The van der Waals surface area contributed by atoms with Gasteiger partial charge in [-0.15, -0.1) is 0 Å². The van der Waals surface area contributed by atoms with Crippen LogP contribution in [0.25, 0.3) is 11.1 Å². The molecule has 3 aromatic carbocycles. The lowest BCUT2D eigenvalue weighted by molar-refractivity contribution is -0.144. The van der Waals surface area contributed by atoms with Gasteiger partial charge in [0.1, 0.15) is 60.4 Å². The Bertz CT molecular complexity index is 3120. The molecule has 26 nitrogen and oxygen atoms in total. The molecule has 2 saturated heterocycles. The van der Waals surface area contributed by atoms with Gasteiger partial charge in [0.25, 0.3) is 0 Å². The number of carbonyl (C=O) groups excluding carboxylic acids is 12. The van der Waals surface area contributed by atoms with Crippen molar-refractivity contribution in [3.63, 3.8) is 0 Å². The Balaban J connectivity index is 1.42. The summed E-state index contributed by atoms with van der Waals surface area (Å²) in [5.74, 6) is -9.91. The maximum absolute atomic E-state index is 15.0. The van der Waals surface area contributed by atoms with Crippen LogP contribution in [-0.4, -0.2) is 202 Å². The second kappa shape index (κ2) is 33.1. The van der Waals surface area contributed by atoms with E-state index in [1.165, 1.54) is 54.3 Å². The van der Waals surface area contributed by atoms with Crippen LogP contribution >= 0.6 is 21.6 Å². The highest BCUT2D eigenvalue weighted by molar-refractivity contribution is 8.76. The number of hydrogen-bond donors (Lipinski definition) is 11. The van der Waals surface area contributed by atoms with E-state index in [0.29, 0.717) is 16.9 Å². The van der Waals surface area contributed by atoms with Gasteiger partial charge in [0.05, 0.1) is 12.2 Å². The molecule has 3 aliphatic rings. The number of rotatable bonds is 9. The molecular weight excluding hydrogens is 1200 g/mol. The van der Waals surface area contributed by atoms with Gasteiger partial charge in [-0.05, 0) is 80.2 Å². The van der Waals surface area contributed by atoms with E-state index in [1.54, 1.807) is 70.4 Å². The van der Waals surface area contributed by atoms with Crippen molar-refractivity contribution in [3.8, 4) is 11.1 Å². The van der Waals surface area contributed by atoms with Crippen LogP contribution in [0, 0.1) is 5.92 Å². The van der Waals surface area contributed by atoms with Gasteiger partial charge < -0.3 is 73.2 Å². The minimum absolute atomic E-state index is 0.0227. The minimum atomic E-state index is -1.82. The average molecular weight is 1290 g/mol.